The molecule has 0 unspecified atom stereocenters. The van der Waals surface area contributed by atoms with Gasteiger partial charge in [-0.2, -0.15) is 8.42 Å². The van der Waals surface area contributed by atoms with Crippen molar-refractivity contribution < 1.29 is 32.0 Å². The summed E-state index contributed by atoms with van der Waals surface area (Å²) in [6.07, 6.45) is 2.77. The van der Waals surface area contributed by atoms with Crippen LogP contribution in [0.15, 0.2) is 12.1 Å². The summed E-state index contributed by atoms with van der Waals surface area (Å²) in [4.78, 5) is 24.6. The second kappa shape index (κ2) is 9.65. The van der Waals surface area contributed by atoms with E-state index >= 15 is 0 Å². The number of hydrogen-bond donors (Lipinski definition) is 1. The Hall–Kier alpha value is -1.74. The van der Waals surface area contributed by atoms with Gasteiger partial charge in [-0.15, -0.1) is 0 Å². The molecular formula is C17H25B3O7S. The van der Waals surface area contributed by atoms with E-state index in [1.807, 2.05) is 35.7 Å². The van der Waals surface area contributed by atoms with Crippen LogP contribution in [0.5, 0.6) is 5.75 Å². The van der Waals surface area contributed by atoms with Crippen molar-refractivity contribution in [3.8, 4) is 5.75 Å². The molecule has 0 aromatic heterocycles. The summed E-state index contributed by atoms with van der Waals surface area (Å²) in [6, 6.07) is 4.01. The minimum atomic E-state index is -4.15. The summed E-state index contributed by atoms with van der Waals surface area (Å²) < 4.78 is 40.6. The molecule has 7 nitrogen and oxygen atoms in total. The van der Waals surface area contributed by atoms with Crippen LogP contribution in [-0.2, 0) is 30.8 Å². The summed E-state index contributed by atoms with van der Waals surface area (Å²) in [5, 5.41) is 0. The predicted molar refractivity (Wildman–Crippen MR) is 114 cm³/mol. The number of hydrogen-bond acceptors (Lipinski definition) is 6. The number of carbonyl (C=O) groups is 2. The molecule has 1 N–H and O–H groups in total. The lowest BCUT2D eigenvalue weighted by Gasteiger charge is -2.26. The van der Waals surface area contributed by atoms with Crippen molar-refractivity contribution in [3.63, 3.8) is 0 Å². The molecule has 1 aromatic carbocycles. The first-order chi connectivity index (χ1) is 13.1. The van der Waals surface area contributed by atoms with Gasteiger partial charge >= 0.3 is 11.9 Å². The summed E-state index contributed by atoms with van der Waals surface area (Å²) in [5.74, 6) is -1.39. The highest BCUT2D eigenvalue weighted by Gasteiger charge is 2.32. The van der Waals surface area contributed by atoms with Crippen LogP contribution in [0.1, 0.15) is 31.2 Å². The number of ether oxygens (including phenoxy) is 2. The Kier molecular flexibility index (Phi) is 7.77. The number of rotatable bonds is 7. The van der Waals surface area contributed by atoms with Gasteiger partial charge < -0.3 is 9.47 Å². The third kappa shape index (κ3) is 6.41. The molecule has 1 fully saturated rings. The summed E-state index contributed by atoms with van der Waals surface area (Å²) in [7, 11) is 1.80. The average Bonchev–Trinajstić information content (AvgIpc) is 2.62. The van der Waals surface area contributed by atoms with Gasteiger partial charge in [-0.25, -0.2) is 0 Å². The molecule has 1 aliphatic rings. The molecule has 0 amide bonds. The second-order valence-corrected chi connectivity index (χ2v) is 8.92. The average molecular weight is 406 g/mol. The second-order valence-electron chi connectivity index (χ2n) is 7.35. The number of benzene rings is 1. The van der Waals surface area contributed by atoms with Crippen molar-refractivity contribution in [2.45, 2.75) is 32.0 Å². The van der Waals surface area contributed by atoms with Crippen molar-refractivity contribution >= 4 is 56.5 Å². The molecule has 2 rings (SSSR count). The van der Waals surface area contributed by atoms with Crippen molar-refractivity contribution in [1.82, 2.24) is 0 Å². The zero-order valence-electron chi connectivity index (χ0n) is 16.6. The van der Waals surface area contributed by atoms with Gasteiger partial charge in [0.05, 0.1) is 11.8 Å². The van der Waals surface area contributed by atoms with Gasteiger partial charge in [0.15, 0.2) is 0 Å². The maximum atomic E-state index is 12.6. The predicted octanol–water partition coefficient (Wildman–Crippen LogP) is -2.52. The van der Waals surface area contributed by atoms with Crippen LogP contribution in [-0.4, -0.2) is 60.8 Å². The highest BCUT2D eigenvalue weighted by Crippen LogP contribution is 2.31. The molecule has 28 heavy (non-hydrogen) atoms. The van der Waals surface area contributed by atoms with Crippen LogP contribution in [0, 0.1) is 11.8 Å². The Morgan fingerprint density at radius 3 is 2.18 bits per heavy atom. The topological polar surface area (TPSA) is 107 Å². The zero-order chi connectivity index (χ0) is 20.9. The first-order valence-corrected chi connectivity index (χ1v) is 11.1. The summed E-state index contributed by atoms with van der Waals surface area (Å²) in [5.41, 5.74) is 3.06. The van der Waals surface area contributed by atoms with Gasteiger partial charge in [0.25, 0.3) is 10.1 Å². The largest absolute Gasteiger partial charge is 0.464 e. The standard InChI is InChI=1S/C17H25B3O7S/c18-9-12-7-13(19)8-14(20)15(12)27-17(22)11-3-1-10(2-4-11)16(21)26-5-6-28(23,24)25/h7-8,10-11H,1-6,9,18-20H2,(H,23,24,25). The minimum Gasteiger partial charge on any atom is -0.464 e. The third-order valence-electron chi connectivity index (χ3n) is 5.06. The zero-order valence-corrected chi connectivity index (χ0v) is 17.4. The van der Waals surface area contributed by atoms with E-state index in [1.165, 1.54) is 0 Å². The Bertz CT molecular complexity index is 833. The van der Waals surface area contributed by atoms with Gasteiger partial charge in [0.2, 0.25) is 0 Å². The first-order valence-electron chi connectivity index (χ1n) is 9.54. The van der Waals surface area contributed by atoms with Crippen LogP contribution in [0.2, 0.25) is 0 Å². The van der Waals surface area contributed by atoms with Gasteiger partial charge in [-0.05, 0) is 36.7 Å². The minimum absolute atomic E-state index is 0.271. The van der Waals surface area contributed by atoms with E-state index in [1.54, 1.807) is 0 Å². The van der Waals surface area contributed by atoms with Gasteiger partial charge in [0, 0.05) is 0 Å². The maximum absolute atomic E-state index is 12.6. The van der Waals surface area contributed by atoms with Gasteiger partial charge in [-0.1, -0.05) is 23.9 Å². The maximum Gasteiger partial charge on any atom is 0.314 e. The fraction of sp³-hybridized carbons (Fsp3) is 0.529. The molecule has 0 saturated heterocycles. The van der Waals surface area contributed by atoms with Crippen LogP contribution >= 0.6 is 0 Å². The fourth-order valence-electron chi connectivity index (χ4n) is 3.57. The van der Waals surface area contributed by atoms with E-state index in [2.05, 4.69) is 0 Å². The van der Waals surface area contributed by atoms with E-state index in [-0.39, 0.29) is 24.4 Å². The fourth-order valence-corrected chi connectivity index (χ4v) is 3.86. The molecule has 1 aromatic rings. The van der Waals surface area contributed by atoms with Crippen LogP contribution in [0.3, 0.4) is 0 Å². The molecule has 0 bridgehead atoms. The highest BCUT2D eigenvalue weighted by molar-refractivity contribution is 7.85. The molecule has 1 saturated carbocycles. The van der Waals surface area contributed by atoms with Crippen LogP contribution in [0.4, 0.5) is 0 Å². The molecule has 11 heteroatoms. The lowest BCUT2D eigenvalue weighted by atomic mass is 9.81. The molecule has 150 valence electrons. The molecule has 1 aliphatic carbocycles. The number of esters is 2. The van der Waals surface area contributed by atoms with E-state index < -0.39 is 21.8 Å². The Morgan fingerprint density at radius 1 is 1.07 bits per heavy atom. The summed E-state index contributed by atoms with van der Waals surface area (Å²) >= 11 is 0. The molecule has 0 aliphatic heterocycles. The monoisotopic (exact) mass is 406 g/mol. The first kappa shape index (κ1) is 22.6. The Morgan fingerprint density at radius 2 is 1.64 bits per heavy atom. The van der Waals surface area contributed by atoms with E-state index in [0.717, 1.165) is 22.8 Å². The van der Waals surface area contributed by atoms with Gasteiger partial charge in [-0.3, -0.25) is 14.1 Å². The van der Waals surface area contributed by atoms with Crippen molar-refractivity contribution in [2.24, 2.45) is 11.8 Å². The number of carbonyl (C=O) groups excluding carboxylic acids is 2. The van der Waals surface area contributed by atoms with Crippen LogP contribution < -0.4 is 15.7 Å². The lowest BCUT2D eigenvalue weighted by Crippen LogP contribution is -2.31. The highest BCUT2D eigenvalue weighted by atomic mass is 32.2. The molecule has 0 heterocycles. The van der Waals surface area contributed by atoms with Crippen LogP contribution in [0.25, 0.3) is 0 Å². The van der Waals surface area contributed by atoms with Gasteiger partial charge in [0.1, 0.15) is 41.6 Å². The third-order valence-corrected chi connectivity index (χ3v) is 5.74. The summed E-state index contributed by atoms with van der Waals surface area (Å²) in [6.45, 7) is -0.369. The van der Waals surface area contributed by atoms with Crippen molar-refractivity contribution in [3.05, 3.63) is 17.7 Å². The lowest BCUT2D eigenvalue weighted by molar-refractivity contribution is -0.151. The quantitative estimate of drug-likeness (QED) is 0.231. The SMILES string of the molecule is BCc1cc(B)cc(B)c1OC(=O)C1CCC(C(=O)OCCS(=O)(=O)O)CC1. The molecule has 0 spiro atoms. The Labute approximate surface area is 168 Å². The normalized spacial score (nSPS) is 19.8. The van der Waals surface area contributed by atoms with Crippen molar-refractivity contribution in [1.29, 1.82) is 0 Å². The Balaban J connectivity index is 1.88. The molecule has 0 radical (unpaired) electrons. The smallest absolute Gasteiger partial charge is 0.314 e. The van der Waals surface area contributed by atoms with E-state index in [0.29, 0.717) is 31.4 Å². The van der Waals surface area contributed by atoms with Crippen molar-refractivity contribution in [2.75, 3.05) is 12.4 Å². The van der Waals surface area contributed by atoms with E-state index in [4.69, 9.17) is 14.0 Å². The molecule has 0 atom stereocenters. The van der Waals surface area contributed by atoms with E-state index in [9.17, 15) is 18.0 Å². The molecular weight excluding hydrogens is 381 g/mol.